The molecule has 3 amide bonds. The van der Waals surface area contributed by atoms with Crippen LogP contribution in [0.5, 0.6) is 0 Å². The first-order valence-corrected chi connectivity index (χ1v) is 19.7. The molecule has 1 saturated heterocycles. The van der Waals surface area contributed by atoms with Gasteiger partial charge in [0, 0.05) is 41.4 Å². The predicted octanol–water partition coefficient (Wildman–Crippen LogP) is 3.59. The normalized spacial score (nSPS) is 25.0. The fraction of sp³-hybridized carbons (Fsp3) is 0.417. The summed E-state index contributed by atoms with van der Waals surface area (Å²) in [7, 11) is -3.17. The van der Waals surface area contributed by atoms with E-state index in [4.69, 9.17) is 4.74 Å². The zero-order valence-corrected chi connectivity index (χ0v) is 29.4. The first-order chi connectivity index (χ1) is 23.6. The molecule has 1 spiro atoms. The second kappa shape index (κ2) is 13.3. The van der Waals surface area contributed by atoms with Gasteiger partial charge in [-0.2, -0.15) is 0 Å². The number of benzene rings is 3. The van der Waals surface area contributed by atoms with Crippen molar-refractivity contribution in [2.45, 2.75) is 82.3 Å². The summed E-state index contributed by atoms with van der Waals surface area (Å²) in [5.41, 5.74) is 1.22. The number of carbonyl (C=O) groups is 3. The number of anilines is 2. The lowest BCUT2D eigenvalue weighted by molar-refractivity contribution is -0.385. The molecular formula is C36H42N4O9Si. The third-order valence-electron chi connectivity index (χ3n) is 10.4. The van der Waals surface area contributed by atoms with Crippen LogP contribution in [0.15, 0.2) is 66.7 Å². The van der Waals surface area contributed by atoms with Crippen molar-refractivity contribution in [3.63, 3.8) is 0 Å². The molecule has 0 aromatic heterocycles. The molecule has 4 N–H and O–H groups in total. The molecule has 0 unspecified atom stereocenters. The summed E-state index contributed by atoms with van der Waals surface area (Å²) in [6.07, 6.45) is -1.79. The van der Waals surface area contributed by atoms with E-state index in [1.165, 1.54) is 30.0 Å². The molecule has 14 heteroatoms. The number of ether oxygens (including phenoxy) is 1. The average molecular weight is 703 g/mol. The van der Waals surface area contributed by atoms with Crippen molar-refractivity contribution in [1.29, 1.82) is 0 Å². The lowest BCUT2D eigenvalue weighted by atomic mass is 9.82. The number of nitrogens with one attached hydrogen (secondary N) is 1. The van der Waals surface area contributed by atoms with Gasteiger partial charge in [0.1, 0.15) is 6.10 Å². The van der Waals surface area contributed by atoms with Crippen LogP contribution in [0.1, 0.15) is 42.5 Å². The van der Waals surface area contributed by atoms with Gasteiger partial charge in [-0.3, -0.25) is 24.5 Å². The van der Waals surface area contributed by atoms with Crippen LogP contribution < -0.4 is 10.2 Å². The van der Waals surface area contributed by atoms with Gasteiger partial charge in [-0.15, -0.1) is 0 Å². The van der Waals surface area contributed by atoms with Crippen molar-refractivity contribution in [3.05, 3.63) is 99.1 Å². The van der Waals surface area contributed by atoms with Crippen molar-refractivity contribution in [3.8, 4) is 0 Å². The van der Waals surface area contributed by atoms with Gasteiger partial charge >= 0.3 is 0 Å². The minimum absolute atomic E-state index is 0.0272. The Labute approximate surface area is 290 Å². The van der Waals surface area contributed by atoms with Crippen LogP contribution in [0, 0.1) is 16.0 Å². The second-order valence-electron chi connectivity index (χ2n) is 14.1. The van der Waals surface area contributed by atoms with E-state index >= 15 is 0 Å². The standard InChI is InChI=1S/C36H42N4O9Si/c1-21-33(50(3,4)48)31(17-32(43)38-19-25-10-6-5-9-24(25)15-28(38)20-41)49-36(21)29-16-27(40(46)47)12-13-30(29)39(35(36)45)18-23-8-7-11-26(14-23)37-34(44)22(2)42/h5-14,16,21-22,28,31,33,41-42,48H,15,17-20H2,1-4H3,(H,37,44)/t21-,22-,28-,31+,33-,36+/m0/s1. The number of fused-ring (bicyclic) bond motifs is 3. The topological polar surface area (TPSA) is 183 Å². The molecule has 0 radical (unpaired) electrons. The van der Waals surface area contributed by atoms with Gasteiger partial charge in [0.05, 0.1) is 42.3 Å². The number of aliphatic hydroxyl groups is 2. The van der Waals surface area contributed by atoms with Crippen molar-refractivity contribution in [1.82, 2.24) is 4.90 Å². The van der Waals surface area contributed by atoms with E-state index in [0.29, 0.717) is 35.5 Å². The number of amides is 3. The molecule has 3 aliphatic rings. The smallest absolute Gasteiger partial charge is 0.269 e. The fourth-order valence-corrected chi connectivity index (χ4v) is 10.6. The molecule has 6 atom stereocenters. The SMILES string of the molecule is C[C@H](O)C(=O)Nc1cccc(CN2C(=O)[C@]3(O[C@H](CC(=O)N4Cc5ccccc5C[C@H]4CO)[C@@H]([Si](C)(C)O)[C@@H]3C)c3cc([N+](=O)[O-])ccc32)c1. The Hall–Kier alpha value is -4.47. The number of aliphatic hydroxyl groups excluding tert-OH is 2. The highest BCUT2D eigenvalue weighted by Crippen LogP contribution is 2.60. The summed E-state index contributed by atoms with van der Waals surface area (Å²) < 4.78 is 6.77. The summed E-state index contributed by atoms with van der Waals surface area (Å²) in [4.78, 5) is 67.3. The maximum Gasteiger partial charge on any atom is 0.269 e. The number of carbonyl (C=O) groups excluding carboxylic acids is 3. The van der Waals surface area contributed by atoms with Crippen molar-refractivity contribution in [2.75, 3.05) is 16.8 Å². The highest BCUT2D eigenvalue weighted by atomic mass is 28.4. The van der Waals surface area contributed by atoms with Crippen LogP contribution in [-0.2, 0) is 44.2 Å². The molecule has 3 aromatic rings. The first kappa shape index (κ1) is 35.4. The summed E-state index contributed by atoms with van der Waals surface area (Å²) >= 11 is 0. The number of nitrogens with zero attached hydrogens (tertiary/aromatic N) is 3. The Kier molecular flexibility index (Phi) is 9.43. The third-order valence-corrected chi connectivity index (χ3v) is 12.9. The van der Waals surface area contributed by atoms with Crippen molar-refractivity contribution >= 4 is 43.1 Å². The Bertz CT molecular complexity index is 1850. The Morgan fingerprint density at radius 1 is 1.12 bits per heavy atom. The van der Waals surface area contributed by atoms with Gasteiger partial charge in [0.25, 0.3) is 17.5 Å². The molecule has 3 heterocycles. The van der Waals surface area contributed by atoms with Crippen LogP contribution in [0.4, 0.5) is 17.1 Å². The first-order valence-electron chi connectivity index (χ1n) is 16.7. The van der Waals surface area contributed by atoms with Crippen LogP contribution >= 0.6 is 0 Å². The van der Waals surface area contributed by atoms with Gasteiger partial charge in [-0.1, -0.05) is 43.3 Å². The molecule has 3 aromatic carbocycles. The van der Waals surface area contributed by atoms with Gasteiger partial charge < -0.3 is 34.9 Å². The third kappa shape index (κ3) is 6.22. The number of nitro benzene ring substituents is 1. The van der Waals surface area contributed by atoms with Crippen LogP contribution in [0.3, 0.4) is 0 Å². The summed E-state index contributed by atoms with van der Waals surface area (Å²) in [5.74, 6) is -2.02. The number of hydrogen-bond donors (Lipinski definition) is 4. The average Bonchev–Trinajstić information content (AvgIpc) is 3.49. The van der Waals surface area contributed by atoms with Gasteiger partial charge in [0.15, 0.2) is 13.9 Å². The lowest BCUT2D eigenvalue weighted by Crippen LogP contribution is -2.48. The Morgan fingerprint density at radius 3 is 2.50 bits per heavy atom. The summed E-state index contributed by atoms with van der Waals surface area (Å²) in [5, 5.41) is 34.5. The molecule has 264 valence electrons. The number of non-ortho nitro benzene ring substituents is 1. The number of nitro groups is 1. The molecule has 50 heavy (non-hydrogen) atoms. The number of hydrogen-bond acceptors (Lipinski definition) is 9. The Balaban J connectivity index is 1.36. The number of rotatable bonds is 9. The zero-order chi connectivity index (χ0) is 36.1. The highest BCUT2D eigenvalue weighted by molar-refractivity contribution is 6.71. The van der Waals surface area contributed by atoms with Gasteiger partial charge in [-0.25, -0.2) is 0 Å². The molecule has 3 aliphatic heterocycles. The van der Waals surface area contributed by atoms with Crippen LogP contribution in [0.2, 0.25) is 18.6 Å². The van der Waals surface area contributed by atoms with E-state index < -0.39 is 60.4 Å². The van der Waals surface area contributed by atoms with Crippen molar-refractivity contribution in [2.24, 2.45) is 5.92 Å². The van der Waals surface area contributed by atoms with E-state index in [1.807, 2.05) is 24.3 Å². The molecule has 6 rings (SSSR count). The monoisotopic (exact) mass is 702 g/mol. The van der Waals surface area contributed by atoms with E-state index in [1.54, 1.807) is 49.2 Å². The second-order valence-corrected chi connectivity index (χ2v) is 18.1. The molecule has 13 nitrogen and oxygen atoms in total. The lowest BCUT2D eigenvalue weighted by Gasteiger charge is -2.37. The van der Waals surface area contributed by atoms with Gasteiger partial charge in [-0.05, 0) is 61.3 Å². The fourth-order valence-electron chi connectivity index (χ4n) is 8.04. The summed E-state index contributed by atoms with van der Waals surface area (Å²) in [6.45, 7) is 6.71. The van der Waals surface area contributed by atoms with E-state index in [-0.39, 0.29) is 31.2 Å². The molecular weight excluding hydrogens is 661 g/mol. The highest BCUT2D eigenvalue weighted by Gasteiger charge is 2.66. The minimum Gasteiger partial charge on any atom is -0.432 e. The molecule has 0 aliphatic carbocycles. The van der Waals surface area contributed by atoms with E-state index in [0.717, 1.165) is 11.1 Å². The summed E-state index contributed by atoms with van der Waals surface area (Å²) in [6, 6.07) is 18.3. The van der Waals surface area contributed by atoms with E-state index in [9.17, 15) is 39.5 Å². The molecule has 0 saturated carbocycles. The maximum atomic E-state index is 14.8. The maximum absolute atomic E-state index is 14.8. The molecule has 0 bridgehead atoms. The Morgan fingerprint density at radius 2 is 1.84 bits per heavy atom. The van der Waals surface area contributed by atoms with Gasteiger partial charge in [0.2, 0.25) is 5.91 Å². The minimum atomic E-state index is -3.17. The molecule has 1 fully saturated rings. The zero-order valence-electron chi connectivity index (χ0n) is 28.4. The van der Waals surface area contributed by atoms with Crippen LogP contribution in [0.25, 0.3) is 0 Å². The quantitative estimate of drug-likeness (QED) is 0.147. The predicted molar refractivity (Wildman–Crippen MR) is 186 cm³/mol. The van der Waals surface area contributed by atoms with E-state index in [2.05, 4.69) is 5.32 Å². The largest absolute Gasteiger partial charge is 0.432 e. The van der Waals surface area contributed by atoms with Crippen LogP contribution in [-0.4, -0.2) is 75.7 Å². The van der Waals surface area contributed by atoms with Crippen molar-refractivity contribution < 1.29 is 39.1 Å².